The molecule has 1 aliphatic heterocycles. The second-order valence-electron chi connectivity index (χ2n) is 4.15. The van der Waals surface area contributed by atoms with Crippen LogP contribution in [0.2, 0.25) is 0 Å². The largest absolute Gasteiger partial charge is 0.330 e. The van der Waals surface area contributed by atoms with Gasteiger partial charge in [0.05, 0.1) is 0 Å². The molecular weight excluding hydrogens is 191 g/mol. The Hall–Kier alpha value is -0.930. The highest BCUT2D eigenvalue weighted by atomic mass is 19.1. The van der Waals surface area contributed by atoms with Gasteiger partial charge in [0.25, 0.3) is 0 Å². The molecule has 2 atom stereocenters. The van der Waals surface area contributed by atoms with Crippen molar-refractivity contribution in [3.05, 3.63) is 35.6 Å². The lowest BCUT2D eigenvalue weighted by Gasteiger charge is -2.21. The predicted octanol–water partition coefficient (Wildman–Crippen LogP) is 1.48. The Morgan fingerprint density at radius 3 is 2.67 bits per heavy atom. The van der Waals surface area contributed by atoms with Gasteiger partial charge in [-0.05, 0) is 49.7 Å². The molecule has 1 fully saturated rings. The molecule has 0 saturated carbocycles. The van der Waals surface area contributed by atoms with Crippen LogP contribution in [0.15, 0.2) is 24.3 Å². The van der Waals surface area contributed by atoms with Gasteiger partial charge >= 0.3 is 0 Å². The fourth-order valence-corrected chi connectivity index (χ4v) is 2.33. The molecule has 0 aromatic heterocycles. The molecule has 1 aliphatic rings. The normalized spacial score (nSPS) is 22.9. The Kier molecular flexibility index (Phi) is 3.34. The molecule has 0 spiro atoms. The van der Waals surface area contributed by atoms with Crippen LogP contribution >= 0.6 is 0 Å². The van der Waals surface area contributed by atoms with Crippen LogP contribution in [0.25, 0.3) is 0 Å². The topological polar surface area (TPSA) is 38.0 Å². The van der Waals surface area contributed by atoms with Crippen LogP contribution in [0.4, 0.5) is 4.39 Å². The van der Waals surface area contributed by atoms with Crippen LogP contribution in [-0.2, 0) is 0 Å². The fraction of sp³-hybridized carbons (Fsp3) is 0.500. The molecule has 1 aromatic carbocycles. The molecule has 0 amide bonds. The quantitative estimate of drug-likeness (QED) is 0.789. The van der Waals surface area contributed by atoms with E-state index in [9.17, 15) is 4.39 Å². The van der Waals surface area contributed by atoms with Crippen molar-refractivity contribution in [2.75, 3.05) is 19.6 Å². The molecule has 3 N–H and O–H groups in total. The third kappa shape index (κ3) is 2.36. The van der Waals surface area contributed by atoms with Crippen molar-refractivity contribution in [3.63, 3.8) is 0 Å². The zero-order valence-electron chi connectivity index (χ0n) is 8.75. The third-order valence-electron chi connectivity index (χ3n) is 3.22. The molecular formula is C12H17FN2. The number of benzene rings is 1. The summed E-state index contributed by atoms with van der Waals surface area (Å²) in [5.74, 6) is 0.778. The van der Waals surface area contributed by atoms with E-state index >= 15 is 0 Å². The first-order valence-electron chi connectivity index (χ1n) is 5.47. The Balaban J connectivity index is 2.14. The van der Waals surface area contributed by atoms with Crippen molar-refractivity contribution in [2.24, 2.45) is 11.7 Å². The van der Waals surface area contributed by atoms with Gasteiger partial charge in [0.15, 0.2) is 0 Å². The number of nitrogens with two attached hydrogens (primary N) is 1. The maximum Gasteiger partial charge on any atom is 0.123 e. The minimum atomic E-state index is -0.181. The first kappa shape index (κ1) is 10.6. The summed E-state index contributed by atoms with van der Waals surface area (Å²) in [6.07, 6.45) is 1.17. The highest BCUT2D eigenvalue weighted by Gasteiger charge is 2.24. The summed E-state index contributed by atoms with van der Waals surface area (Å²) < 4.78 is 12.8. The summed E-state index contributed by atoms with van der Waals surface area (Å²) in [6, 6.07) is 6.73. The lowest BCUT2D eigenvalue weighted by atomic mass is 9.85. The van der Waals surface area contributed by atoms with Gasteiger partial charge in [-0.2, -0.15) is 0 Å². The zero-order valence-corrected chi connectivity index (χ0v) is 8.75. The first-order chi connectivity index (χ1) is 7.31. The Morgan fingerprint density at radius 2 is 2.13 bits per heavy atom. The highest BCUT2D eigenvalue weighted by Crippen LogP contribution is 2.28. The van der Waals surface area contributed by atoms with Crippen molar-refractivity contribution in [1.29, 1.82) is 0 Å². The third-order valence-corrected chi connectivity index (χ3v) is 3.22. The van der Waals surface area contributed by atoms with Crippen LogP contribution in [-0.4, -0.2) is 19.6 Å². The van der Waals surface area contributed by atoms with E-state index in [0.29, 0.717) is 18.4 Å². The smallest absolute Gasteiger partial charge is 0.123 e. The van der Waals surface area contributed by atoms with Gasteiger partial charge in [-0.3, -0.25) is 0 Å². The second kappa shape index (κ2) is 4.73. The number of nitrogens with one attached hydrogen (secondary N) is 1. The molecule has 1 saturated heterocycles. The summed E-state index contributed by atoms with van der Waals surface area (Å²) in [5, 5.41) is 3.34. The van der Waals surface area contributed by atoms with Crippen LogP contribution in [0.1, 0.15) is 17.9 Å². The lowest BCUT2D eigenvalue weighted by molar-refractivity contribution is 0.464. The van der Waals surface area contributed by atoms with E-state index in [-0.39, 0.29) is 5.82 Å². The molecule has 0 aliphatic carbocycles. The van der Waals surface area contributed by atoms with E-state index in [4.69, 9.17) is 5.73 Å². The van der Waals surface area contributed by atoms with Crippen LogP contribution < -0.4 is 11.1 Å². The molecule has 2 unspecified atom stereocenters. The van der Waals surface area contributed by atoms with Crippen LogP contribution in [0.5, 0.6) is 0 Å². The van der Waals surface area contributed by atoms with Crippen molar-refractivity contribution >= 4 is 0 Å². The molecule has 15 heavy (non-hydrogen) atoms. The number of halogens is 1. The minimum Gasteiger partial charge on any atom is -0.330 e. The van der Waals surface area contributed by atoms with Gasteiger partial charge < -0.3 is 11.1 Å². The molecule has 82 valence electrons. The predicted molar refractivity (Wildman–Crippen MR) is 59.2 cm³/mol. The average Bonchev–Trinajstić information content (AvgIpc) is 2.75. The maximum atomic E-state index is 12.8. The minimum absolute atomic E-state index is 0.181. The Bertz CT molecular complexity index is 304. The van der Waals surface area contributed by atoms with E-state index in [0.717, 1.165) is 18.7 Å². The van der Waals surface area contributed by atoms with Crippen LogP contribution in [0.3, 0.4) is 0 Å². The molecule has 0 radical (unpaired) electrons. The standard InChI is InChI=1S/C12H17FN2/c13-11-3-1-9(2-4-11)12(7-14)10-5-6-15-8-10/h1-4,10,12,15H,5-8,14H2. The van der Waals surface area contributed by atoms with Gasteiger partial charge in [0.1, 0.15) is 5.82 Å². The average molecular weight is 208 g/mol. The first-order valence-corrected chi connectivity index (χ1v) is 5.47. The molecule has 3 heteroatoms. The van der Waals surface area contributed by atoms with Crippen molar-refractivity contribution in [2.45, 2.75) is 12.3 Å². The Labute approximate surface area is 89.7 Å². The summed E-state index contributed by atoms with van der Waals surface area (Å²) in [5.41, 5.74) is 6.96. The molecule has 1 aromatic rings. The van der Waals surface area contributed by atoms with Crippen molar-refractivity contribution in [1.82, 2.24) is 5.32 Å². The number of hydrogen-bond acceptors (Lipinski definition) is 2. The summed E-state index contributed by atoms with van der Waals surface area (Å²) in [6.45, 7) is 2.74. The monoisotopic (exact) mass is 208 g/mol. The highest BCUT2D eigenvalue weighted by molar-refractivity contribution is 5.22. The summed E-state index contributed by atoms with van der Waals surface area (Å²) in [4.78, 5) is 0. The van der Waals surface area contributed by atoms with E-state index in [1.807, 2.05) is 12.1 Å². The van der Waals surface area contributed by atoms with E-state index < -0.39 is 0 Å². The maximum absolute atomic E-state index is 12.8. The van der Waals surface area contributed by atoms with Crippen LogP contribution in [0, 0.1) is 11.7 Å². The van der Waals surface area contributed by atoms with Gasteiger partial charge in [-0.25, -0.2) is 4.39 Å². The van der Waals surface area contributed by atoms with E-state index in [2.05, 4.69) is 5.32 Å². The van der Waals surface area contributed by atoms with Gasteiger partial charge in [0.2, 0.25) is 0 Å². The molecule has 2 nitrogen and oxygen atoms in total. The van der Waals surface area contributed by atoms with Crippen molar-refractivity contribution < 1.29 is 4.39 Å². The SMILES string of the molecule is NCC(c1ccc(F)cc1)C1CCNC1. The van der Waals surface area contributed by atoms with Gasteiger partial charge in [-0.15, -0.1) is 0 Å². The molecule has 1 heterocycles. The molecule has 0 bridgehead atoms. The lowest BCUT2D eigenvalue weighted by Crippen LogP contribution is -2.23. The van der Waals surface area contributed by atoms with Gasteiger partial charge in [0, 0.05) is 5.92 Å². The second-order valence-corrected chi connectivity index (χ2v) is 4.15. The van der Waals surface area contributed by atoms with E-state index in [1.165, 1.54) is 18.6 Å². The number of hydrogen-bond donors (Lipinski definition) is 2. The van der Waals surface area contributed by atoms with Gasteiger partial charge in [-0.1, -0.05) is 12.1 Å². The zero-order chi connectivity index (χ0) is 10.7. The Morgan fingerprint density at radius 1 is 1.40 bits per heavy atom. The van der Waals surface area contributed by atoms with Crippen molar-refractivity contribution in [3.8, 4) is 0 Å². The number of rotatable bonds is 3. The molecule has 2 rings (SSSR count). The summed E-state index contributed by atoms with van der Waals surface area (Å²) in [7, 11) is 0. The summed E-state index contributed by atoms with van der Waals surface area (Å²) >= 11 is 0. The van der Waals surface area contributed by atoms with E-state index in [1.54, 1.807) is 0 Å². The fourth-order valence-electron chi connectivity index (χ4n) is 2.33.